The fraction of sp³-hybridized carbons (Fsp3) is 0.429. The number of methoxy groups -OCH3 is 1. The SMILES string of the molecule is COC1(Cl)C=C(C(C(=O)N2CCN=CN2)N(C)C)C(C)=CC1Nc1nccc(Nc2ccccc2S(=O)(=O)C(C)C)n1. The maximum Gasteiger partial charge on any atom is 0.262 e. The monoisotopic (exact) mass is 616 g/mol. The van der Waals surface area contributed by atoms with E-state index in [4.69, 9.17) is 16.3 Å². The minimum atomic E-state index is -3.53. The lowest BCUT2D eigenvalue weighted by Crippen LogP contribution is -2.55. The molecule has 2 aliphatic rings. The van der Waals surface area contributed by atoms with E-state index in [-0.39, 0.29) is 16.8 Å². The molecule has 1 aromatic heterocycles. The highest BCUT2D eigenvalue weighted by Gasteiger charge is 2.42. The van der Waals surface area contributed by atoms with Gasteiger partial charge >= 0.3 is 0 Å². The number of para-hydroxylation sites is 1. The van der Waals surface area contributed by atoms with Gasteiger partial charge in [0, 0.05) is 13.3 Å². The molecule has 3 N–H and O–H groups in total. The molecule has 2 heterocycles. The maximum atomic E-state index is 13.5. The van der Waals surface area contributed by atoms with Crippen molar-refractivity contribution >= 4 is 51.1 Å². The van der Waals surface area contributed by atoms with Gasteiger partial charge in [-0.15, -0.1) is 0 Å². The second kappa shape index (κ2) is 12.8. The van der Waals surface area contributed by atoms with E-state index in [0.717, 1.165) is 5.57 Å². The molecule has 1 aromatic carbocycles. The van der Waals surface area contributed by atoms with Gasteiger partial charge in [-0.1, -0.05) is 29.8 Å². The minimum absolute atomic E-state index is 0.145. The van der Waals surface area contributed by atoms with Crippen LogP contribution in [0.2, 0.25) is 0 Å². The Kier molecular flexibility index (Phi) is 9.56. The Morgan fingerprint density at radius 2 is 2.00 bits per heavy atom. The lowest BCUT2D eigenvalue weighted by molar-refractivity contribution is -0.136. The highest BCUT2D eigenvalue weighted by molar-refractivity contribution is 7.92. The molecule has 14 heteroatoms. The lowest BCUT2D eigenvalue weighted by Gasteiger charge is -2.39. The number of halogens is 1. The molecular formula is C28H37ClN8O4S. The Morgan fingerprint density at radius 3 is 2.64 bits per heavy atom. The van der Waals surface area contributed by atoms with Gasteiger partial charge < -0.3 is 15.4 Å². The van der Waals surface area contributed by atoms with Crippen molar-refractivity contribution < 1.29 is 17.9 Å². The summed E-state index contributed by atoms with van der Waals surface area (Å²) in [6.45, 7) is 6.16. The molecule has 0 radical (unpaired) electrons. The van der Waals surface area contributed by atoms with Gasteiger partial charge in [-0.25, -0.2) is 13.4 Å². The van der Waals surface area contributed by atoms with Crippen LogP contribution in [0.15, 0.2) is 69.7 Å². The van der Waals surface area contributed by atoms with Crippen molar-refractivity contribution in [1.82, 2.24) is 25.3 Å². The van der Waals surface area contributed by atoms with Crippen LogP contribution < -0.4 is 16.1 Å². The summed E-state index contributed by atoms with van der Waals surface area (Å²) in [6, 6.07) is 7.11. The molecule has 1 aliphatic heterocycles. The van der Waals surface area contributed by atoms with Gasteiger partial charge in [0.15, 0.2) is 14.9 Å². The molecule has 42 heavy (non-hydrogen) atoms. The number of carbonyl (C=O) groups is 1. The summed E-state index contributed by atoms with van der Waals surface area (Å²) in [6.07, 6.45) is 6.69. The Hall–Kier alpha value is -3.52. The molecule has 2 aromatic rings. The van der Waals surface area contributed by atoms with E-state index in [1.54, 1.807) is 56.5 Å². The zero-order chi connectivity index (χ0) is 30.7. The summed E-state index contributed by atoms with van der Waals surface area (Å²) < 4.78 is 31.6. The number of sulfone groups is 1. The van der Waals surface area contributed by atoms with Crippen LogP contribution in [0.25, 0.3) is 0 Å². The Labute approximate surface area is 251 Å². The molecular weight excluding hydrogens is 580 g/mol. The van der Waals surface area contributed by atoms with Crippen LogP contribution in [0.5, 0.6) is 0 Å². The Bertz CT molecular complexity index is 1510. The average molecular weight is 617 g/mol. The number of aromatic nitrogens is 2. The molecule has 1 amide bonds. The second-order valence-electron chi connectivity index (χ2n) is 10.5. The summed E-state index contributed by atoms with van der Waals surface area (Å²) >= 11 is 7.02. The van der Waals surface area contributed by atoms with E-state index in [1.165, 1.54) is 18.5 Å². The number of alkyl halides is 1. The number of nitrogens with zero attached hydrogens (tertiary/aromatic N) is 5. The molecule has 226 valence electrons. The van der Waals surface area contributed by atoms with Crippen molar-refractivity contribution in [3.05, 3.63) is 59.8 Å². The van der Waals surface area contributed by atoms with E-state index in [2.05, 4.69) is 31.0 Å². The smallest absolute Gasteiger partial charge is 0.262 e. The van der Waals surface area contributed by atoms with Crippen LogP contribution in [0.4, 0.5) is 17.5 Å². The predicted molar refractivity (Wildman–Crippen MR) is 165 cm³/mol. The summed E-state index contributed by atoms with van der Waals surface area (Å²) in [5.41, 5.74) is 4.87. The molecule has 3 atom stereocenters. The quantitative estimate of drug-likeness (QED) is 0.341. The van der Waals surface area contributed by atoms with Crippen molar-refractivity contribution in [2.24, 2.45) is 4.99 Å². The summed E-state index contributed by atoms with van der Waals surface area (Å²) in [4.78, 5) is 28.5. The lowest BCUT2D eigenvalue weighted by atomic mass is 9.87. The Balaban J connectivity index is 1.59. The zero-order valence-corrected chi connectivity index (χ0v) is 26.1. The number of aliphatic imine (C=N–C) groups is 1. The third-order valence-electron chi connectivity index (χ3n) is 7.05. The maximum absolute atomic E-state index is 13.5. The number of benzene rings is 1. The van der Waals surface area contributed by atoms with E-state index < -0.39 is 32.2 Å². The van der Waals surface area contributed by atoms with Gasteiger partial charge in [0.05, 0.1) is 35.0 Å². The first-order chi connectivity index (χ1) is 19.9. The van der Waals surface area contributed by atoms with Crippen LogP contribution in [-0.2, 0) is 19.4 Å². The summed E-state index contributed by atoms with van der Waals surface area (Å²) in [5.74, 6) is 0.489. The number of carbonyl (C=O) groups excluding carboxylic acids is 1. The fourth-order valence-electron chi connectivity index (χ4n) is 4.69. The highest BCUT2D eigenvalue weighted by Crippen LogP contribution is 2.37. The zero-order valence-electron chi connectivity index (χ0n) is 24.5. The average Bonchev–Trinajstić information content (AvgIpc) is 2.96. The topological polar surface area (TPSA) is 141 Å². The largest absolute Gasteiger partial charge is 0.357 e. The van der Waals surface area contributed by atoms with Crippen molar-refractivity contribution in [3.63, 3.8) is 0 Å². The number of anilines is 3. The molecule has 12 nitrogen and oxygen atoms in total. The number of likely N-dealkylation sites (N-methyl/N-ethyl adjacent to an activating group) is 1. The predicted octanol–water partition coefficient (Wildman–Crippen LogP) is 2.96. The normalized spacial score (nSPS) is 21.5. The number of hydrogen-bond donors (Lipinski definition) is 3. The molecule has 0 saturated heterocycles. The second-order valence-corrected chi connectivity index (χ2v) is 13.5. The van der Waals surface area contributed by atoms with E-state index in [1.807, 2.05) is 32.0 Å². The van der Waals surface area contributed by atoms with Crippen LogP contribution in [0, 0.1) is 0 Å². The molecule has 0 bridgehead atoms. The van der Waals surface area contributed by atoms with Crippen molar-refractivity contribution in [2.45, 2.75) is 48.1 Å². The number of hydrogen-bond acceptors (Lipinski definition) is 11. The Morgan fingerprint density at radius 1 is 1.26 bits per heavy atom. The molecule has 0 spiro atoms. The number of amides is 1. The number of hydrazine groups is 1. The van der Waals surface area contributed by atoms with E-state index in [9.17, 15) is 13.2 Å². The number of nitrogens with one attached hydrogen (secondary N) is 3. The summed E-state index contributed by atoms with van der Waals surface area (Å²) in [5, 5.41) is 5.92. The van der Waals surface area contributed by atoms with Crippen molar-refractivity contribution in [3.8, 4) is 0 Å². The first kappa shape index (κ1) is 31.4. The molecule has 0 saturated carbocycles. The van der Waals surface area contributed by atoms with Gasteiger partial charge in [-0.2, -0.15) is 4.98 Å². The standard InChI is InChI=1S/C28H37ClN8O4S/c1-18(2)42(39,40)22-10-8-7-9-21(22)33-24-11-12-31-27(35-24)34-23-15-19(3)20(16-28(23,29)41-6)25(36(4)5)26(38)37-14-13-30-17-32-37/h7-12,15-18,23,25H,13-14H2,1-6H3,(H,30,32)(H2,31,33,34,35). The first-order valence-corrected chi connectivity index (χ1v) is 15.4. The summed E-state index contributed by atoms with van der Waals surface area (Å²) in [7, 11) is 1.63. The number of ether oxygens (including phenoxy) is 1. The van der Waals surface area contributed by atoms with Crippen LogP contribution in [0.1, 0.15) is 20.8 Å². The van der Waals surface area contributed by atoms with Gasteiger partial charge in [0.25, 0.3) is 5.91 Å². The third-order valence-corrected chi connectivity index (χ3v) is 9.76. The van der Waals surface area contributed by atoms with Crippen LogP contribution in [0.3, 0.4) is 0 Å². The molecule has 0 fully saturated rings. The molecule has 3 unspecified atom stereocenters. The highest BCUT2D eigenvalue weighted by atomic mass is 35.5. The van der Waals surface area contributed by atoms with E-state index in [0.29, 0.717) is 30.2 Å². The first-order valence-electron chi connectivity index (χ1n) is 13.4. The van der Waals surface area contributed by atoms with Gasteiger partial charge in [-0.05, 0) is 70.3 Å². The molecule has 4 rings (SSSR count). The van der Waals surface area contributed by atoms with Gasteiger partial charge in [0.2, 0.25) is 5.95 Å². The van der Waals surface area contributed by atoms with E-state index >= 15 is 0 Å². The fourth-order valence-corrected chi connectivity index (χ4v) is 6.13. The van der Waals surface area contributed by atoms with Crippen molar-refractivity contribution in [1.29, 1.82) is 0 Å². The molecule has 1 aliphatic carbocycles. The van der Waals surface area contributed by atoms with Gasteiger partial charge in [-0.3, -0.25) is 25.1 Å². The van der Waals surface area contributed by atoms with Crippen LogP contribution >= 0.6 is 11.6 Å². The van der Waals surface area contributed by atoms with Gasteiger partial charge in [0.1, 0.15) is 18.2 Å². The minimum Gasteiger partial charge on any atom is -0.357 e. The van der Waals surface area contributed by atoms with Crippen molar-refractivity contribution in [2.75, 3.05) is 44.9 Å². The third kappa shape index (κ3) is 6.59. The van der Waals surface area contributed by atoms with Crippen LogP contribution in [-0.4, -0.2) is 97.2 Å². The number of rotatable bonds is 10.